The number of aromatic nitrogens is 2. The molecule has 5 heteroatoms. The van der Waals surface area contributed by atoms with Crippen LogP contribution in [0.2, 0.25) is 0 Å². The van der Waals surface area contributed by atoms with Crippen molar-refractivity contribution in [2.45, 2.75) is 13.3 Å². The van der Waals surface area contributed by atoms with Crippen LogP contribution in [0, 0.1) is 0 Å². The van der Waals surface area contributed by atoms with Gasteiger partial charge in [-0.05, 0) is 36.2 Å². The first-order chi connectivity index (χ1) is 11.8. The summed E-state index contributed by atoms with van der Waals surface area (Å²) in [7, 11) is 1.69. The zero-order chi connectivity index (χ0) is 16.8. The Morgan fingerprint density at radius 2 is 1.79 bits per heavy atom. The molecule has 3 aromatic rings. The van der Waals surface area contributed by atoms with E-state index in [9.17, 15) is 0 Å². The van der Waals surface area contributed by atoms with Crippen molar-refractivity contribution in [3.63, 3.8) is 0 Å². The van der Waals surface area contributed by atoms with Crippen molar-refractivity contribution in [1.29, 1.82) is 0 Å². The molecule has 0 atom stereocenters. The summed E-state index contributed by atoms with van der Waals surface area (Å²) in [6, 6.07) is 16.3. The standard InChI is InChI=1S/C19H22N4O/c1-3-14-8-10-15(11-9-14)21-19-22-17-7-5-4-6-16(17)18(23-19)20-12-13-24-2/h4-11H,3,12-13H2,1-2H3,(H2,20,21,22,23). The summed E-state index contributed by atoms with van der Waals surface area (Å²) in [5.74, 6) is 1.39. The first-order valence-electron chi connectivity index (χ1n) is 8.15. The van der Waals surface area contributed by atoms with Gasteiger partial charge in [0.2, 0.25) is 5.95 Å². The maximum atomic E-state index is 5.10. The summed E-state index contributed by atoms with van der Waals surface area (Å²) >= 11 is 0. The normalized spacial score (nSPS) is 10.8. The Morgan fingerprint density at radius 1 is 1.00 bits per heavy atom. The highest BCUT2D eigenvalue weighted by atomic mass is 16.5. The number of rotatable bonds is 7. The Kier molecular flexibility index (Phi) is 5.23. The van der Waals surface area contributed by atoms with Gasteiger partial charge in [-0.15, -0.1) is 0 Å². The van der Waals surface area contributed by atoms with Gasteiger partial charge in [-0.3, -0.25) is 0 Å². The van der Waals surface area contributed by atoms with E-state index in [4.69, 9.17) is 4.74 Å². The van der Waals surface area contributed by atoms with Crippen molar-refractivity contribution in [2.75, 3.05) is 30.9 Å². The predicted molar refractivity (Wildman–Crippen MR) is 99.0 cm³/mol. The lowest BCUT2D eigenvalue weighted by molar-refractivity contribution is 0.210. The molecule has 2 aromatic carbocycles. The largest absolute Gasteiger partial charge is 0.383 e. The van der Waals surface area contributed by atoms with Gasteiger partial charge >= 0.3 is 0 Å². The highest BCUT2D eigenvalue weighted by Gasteiger charge is 2.07. The van der Waals surface area contributed by atoms with E-state index in [2.05, 4.69) is 51.8 Å². The number of nitrogens with one attached hydrogen (secondary N) is 2. The van der Waals surface area contributed by atoms with Gasteiger partial charge in [0, 0.05) is 24.7 Å². The average Bonchev–Trinajstić information content (AvgIpc) is 2.62. The molecule has 1 aromatic heterocycles. The lowest BCUT2D eigenvalue weighted by Gasteiger charge is -2.12. The van der Waals surface area contributed by atoms with E-state index in [1.165, 1.54) is 5.56 Å². The molecule has 24 heavy (non-hydrogen) atoms. The second kappa shape index (κ2) is 7.75. The van der Waals surface area contributed by atoms with Crippen LogP contribution < -0.4 is 10.6 Å². The van der Waals surface area contributed by atoms with Crippen molar-refractivity contribution in [3.05, 3.63) is 54.1 Å². The van der Waals surface area contributed by atoms with E-state index in [0.29, 0.717) is 19.1 Å². The molecule has 0 aliphatic rings. The van der Waals surface area contributed by atoms with Crippen molar-refractivity contribution in [3.8, 4) is 0 Å². The summed E-state index contributed by atoms with van der Waals surface area (Å²) in [5, 5.41) is 7.60. The molecule has 5 nitrogen and oxygen atoms in total. The Hall–Kier alpha value is -2.66. The van der Waals surface area contributed by atoms with Gasteiger partial charge in [0.1, 0.15) is 5.82 Å². The average molecular weight is 322 g/mol. The number of aryl methyl sites for hydroxylation is 1. The Balaban J connectivity index is 1.89. The lowest BCUT2D eigenvalue weighted by Crippen LogP contribution is -2.10. The fourth-order valence-electron chi connectivity index (χ4n) is 2.49. The van der Waals surface area contributed by atoms with Gasteiger partial charge in [0.05, 0.1) is 12.1 Å². The molecular formula is C19H22N4O. The second-order valence-electron chi connectivity index (χ2n) is 5.51. The zero-order valence-electron chi connectivity index (χ0n) is 14.0. The SMILES string of the molecule is CCc1ccc(Nc2nc(NCCOC)c3ccccc3n2)cc1. The molecule has 1 heterocycles. The number of para-hydroxylation sites is 1. The third-order valence-electron chi connectivity index (χ3n) is 3.82. The fraction of sp³-hybridized carbons (Fsp3) is 0.263. The quantitative estimate of drug-likeness (QED) is 0.644. The van der Waals surface area contributed by atoms with Gasteiger partial charge in [-0.2, -0.15) is 4.98 Å². The second-order valence-corrected chi connectivity index (χ2v) is 5.51. The van der Waals surface area contributed by atoms with Crippen molar-refractivity contribution < 1.29 is 4.74 Å². The molecule has 0 spiro atoms. The highest BCUT2D eigenvalue weighted by molar-refractivity contribution is 5.90. The molecular weight excluding hydrogens is 300 g/mol. The number of benzene rings is 2. The summed E-state index contributed by atoms with van der Waals surface area (Å²) in [6.45, 7) is 3.47. The fourth-order valence-corrected chi connectivity index (χ4v) is 2.49. The topological polar surface area (TPSA) is 59.1 Å². The van der Waals surface area contributed by atoms with Crippen molar-refractivity contribution >= 4 is 28.4 Å². The maximum absolute atomic E-state index is 5.10. The summed E-state index contributed by atoms with van der Waals surface area (Å²) in [6.07, 6.45) is 1.03. The molecule has 124 valence electrons. The molecule has 0 radical (unpaired) electrons. The number of hydrogen-bond acceptors (Lipinski definition) is 5. The predicted octanol–water partition coefficient (Wildman–Crippen LogP) is 3.99. The molecule has 2 N–H and O–H groups in total. The number of ether oxygens (including phenoxy) is 1. The summed E-state index contributed by atoms with van der Waals surface area (Å²) in [5.41, 5.74) is 3.19. The van der Waals surface area contributed by atoms with Gasteiger partial charge in [-0.25, -0.2) is 4.98 Å². The molecule has 0 amide bonds. The Labute approximate surface area is 142 Å². The van der Waals surface area contributed by atoms with Crippen LogP contribution in [0.4, 0.5) is 17.5 Å². The minimum Gasteiger partial charge on any atom is -0.383 e. The van der Waals surface area contributed by atoms with Crippen LogP contribution in [0.5, 0.6) is 0 Å². The number of hydrogen-bond donors (Lipinski definition) is 2. The number of nitrogens with zero attached hydrogens (tertiary/aromatic N) is 2. The first-order valence-corrected chi connectivity index (χ1v) is 8.15. The van der Waals surface area contributed by atoms with Crippen LogP contribution in [0.25, 0.3) is 10.9 Å². The van der Waals surface area contributed by atoms with E-state index >= 15 is 0 Å². The van der Waals surface area contributed by atoms with Crippen LogP contribution in [-0.2, 0) is 11.2 Å². The van der Waals surface area contributed by atoms with E-state index < -0.39 is 0 Å². The monoisotopic (exact) mass is 322 g/mol. The highest BCUT2D eigenvalue weighted by Crippen LogP contribution is 2.23. The van der Waals surface area contributed by atoms with E-state index in [1.807, 2.05) is 24.3 Å². The van der Waals surface area contributed by atoms with Crippen LogP contribution in [0.1, 0.15) is 12.5 Å². The zero-order valence-corrected chi connectivity index (χ0v) is 14.0. The Bertz CT molecular complexity index is 802. The Morgan fingerprint density at radius 3 is 2.54 bits per heavy atom. The molecule has 0 saturated carbocycles. The van der Waals surface area contributed by atoms with Gasteiger partial charge in [-0.1, -0.05) is 31.2 Å². The lowest BCUT2D eigenvalue weighted by atomic mass is 10.1. The van der Waals surface area contributed by atoms with Gasteiger partial charge in [0.25, 0.3) is 0 Å². The number of fused-ring (bicyclic) bond motifs is 1. The summed E-state index contributed by atoms with van der Waals surface area (Å²) < 4.78 is 5.10. The van der Waals surface area contributed by atoms with Gasteiger partial charge in [0.15, 0.2) is 0 Å². The molecule has 0 unspecified atom stereocenters. The van der Waals surface area contributed by atoms with E-state index in [-0.39, 0.29) is 0 Å². The number of methoxy groups -OCH3 is 1. The molecule has 0 saturated heterocycles. The third kappa shape index (κ3) is 3.81. The first kappa shape index (κ1) is 16.2. The van der Waals surface area contributed by atoms with E-state index in [0.717, 1.165) is 28.8 Å². The molecule has 0 aliphatic carbocycles. The molecule has 3 rings (SSSR count). The van der Waals surface area contributed by atoms with Crippen molar-refractivity contribution in [2.24, 2.45) is 0 Å². The third-order valence-corrected chi connectivity index (χ3v) is 3.82. The molecule has 0 aliphatic heterocycles. The minimum atomic E-state index is 0.581. The van der Waals surface area contributed by atoms with Crippen LogP contribution in [0.3, 0.4) is 0 Å². The van der Waals surface area contributed by atoms with Crippen LogP contribution in [0.15, 0.2) is 48.5 Å². The van der Waals surface area contributed by atoms with Crippen LogP contribution in [-0.4, -0.2) is 30.2 Å². The van der Waals surface area contributed by atoms with Crippen LogP contribution >= 0.6 is 0 Å². The van der Waals surface area contributed by atoms with E-state index in [1.54, 1.807) is 7.11 Å². The van der Waals surface area contributed by atoms with Gasteiger partial charge < -0.3 is 15.4 Å². The molecule has 0 fully saturated rings. The van der Waals surface area contributed by atoms with Crippen molar-refractivity contribution in [1.82, 2.24) is 9.97 Å². The minimum absolute atomic E-state index is 0.581. The maximum Gasteiger partial charge on any atom is 0.229 e. The number of anilines is 3. The molecule has 0 bridgehead atoms. The summed E-state index contributed by atoms with van der Waals surface area (Å²) in [4.78, 5) is 9.23. The smallest absolute Gasteiger partial charge is 0.229 e.